The van der Waals surface area contributed by atoms with Crippen molar-refractivity contribution < 1.29 is 4.74 Å². The van der Waals surface area contributed by atoms with Crippen LogP contribution in [-0.4, -0.2) is 21.1 Å². The molecule has 5 heteroatoms. The summed E-state index contributed by atoms with van der Waals surface area (Å²) < 4.78 is 5.67. The third-order valence-corrected chi connectivity index (χ3v) is 2.90. The lowest BCUT2D eigenvalue weighted by atomic mass is 10.1. The summed E-state index contributed by atoms with van der Waals surface area (Å²) in [6, 6.07) is 1.93. The third-order valence-electron chi connectivity index (χ3n) is 2.90. The number of nitrogens with zero attached hydrogens (tertiary/aromatic N) is 3. The molecule has 2 N–H and O–H groups in total. The van der Waals surface area contributed by atoms with Crippen molar-refractivity contribution in [1.29, 1.82) is 0 Å². The summed E-state index contributed by atoms with van der Waals surface area (Å²) in [5.41, 5.74) is 8.53. The maximum absolute atomic E-state index is 5.95. The normalized spacial score (nSPS) is 10.8. The van der Waals surface area contributed by atoms with Gasteiger partial charge in [-0.2, -0.15) is 0 Å². The Morgan fingerprint density at radius 1 is 1.25 bits per heavy atom. The molecule has 0 unspecified atom stereocenters. The molecule has 2 aromatic rings. The lowest BCUT2D eigenvalue weighted by Gasteiger charge is -2.12. The van der Waals surface area contributed by atoms with Crippen molar-refractivity contribution in [2.24, 2.45) is 0 Å². The fourth-order valence-electron chi connectivity index (χ4n) is 1.91. The van der Waals surface area contributed by atoms with Crippen LogP contribution in [0.1, 0.15) is 32.2 Å². The van der Waals surface area contributed by atoms with Crippen molar-refractivity contribution >= 4 is 5.82 Å². The molecule has 0 radical (unpaired) electrons. The van der Waals surface area contributed by atoms with Gasteiger partial charge in [0, 0.05) is 23.7 Å². The van der Waals surface area contributed by atoms with Gasteiger partial charge in [-0.3, -0.25) is 4.98 Å². The predicted octanol–water partition coefficient (Wildman–Crippen LogP) is 2.78. The zero-order chi connectivity index (χ0) is 14.7. The van der Waals surface area contributed by atoms with Crippen LogP contribution in [-0.2, 0) is 6.42 Å². The molecule has 0 aliphatic heterocycles. The maximum Gasteiger partial charge on any atom is 0.138 e. The molecular formula is C15H20N4O. The summed E-state index contributed by atoms with van der Waals surface area (Å²) in [6.07, 6.45) is 4.31. The van der Waals surface area contributed by atoms with Gasteiger partial charge in [0.2, 0.25) is 0 Å². The number of nitrogens with two attached hydrogens (primary N) is 1. The number of ether oxygens (including phenoxy) is 1. The van der Waals surface area contributed by atoms with Crippen LogP contribution < -0.4 is 10.5 Å². The Hall–Kier alpha value is -2.17. The van der Waals surface area contributed by atoms with Crippen LogP contribution in [0.15, 0.2) is 18.5 Å². The Morgan fingerprint density at radius 2 is 2.00 bits per heavy atom. The first kappa shape index (κ1) is 14.2. The highest BCUT2D eigenvalue weighted by Crippen LogP contribution is 2.26. The van der Waals surface area contributed by atoms with Crippen molar-refractivity contribution in [3.63, 3.8) is 0 Å². The number of aryl methyl sites for hydroxylation is 1. The number of pyridine rings is 1. The molecule has 2 aromatic heterocycles. The fraction of sp³-hybridized carbons (Fsp3) is 0.400. The van der Waals surface area contributed by atoms with E-state index in [1.54, 1.807) is 12.4 Å². The van der Waals surface area contributed by atoms with Crippen molar-refractivity contribution in [1.82, 2.24) is 15.0 Å². The first-order valence-electron chi connectivity index (χ1n) is 6.76. The zero-order valence-electron chi connectivity index (χ0n) is 12.3. The molecule has 0 aliphatic carbocycles. The largest absolute Gasteiger partial charge is 0.489 e. The average molecular weight is 272 g/mol. The van der Waals surface area contributed by atoms with Crippen molar-refractivity contribution in [2.75, 3.05) is 5.73 Å². The van der Waals surface area contributed by atoms with Crippen LogP contribution in [0, 0.1) is 6.92 Å². The summed E-state index contributed by atoms with van der Waals surface area (Å²) >= 11 is 0. The minimum Gasteiger partial charge on any atom is -0.489 e. The van der Waals surface area contributed by atoms with E-state index >= 15 is 0 Å². The van der Waals surface area contributed by atoms with Crippen LogP contribution >= 0.6 is 0 Å². The van der Waals surface area contributed by atoms with Crippen LogP contribution in [0.4, 0.5) is 5.82 Å². The number of rotatable bonds is 4. The molecule has 0 saturated heterocycles. The Morgan fingerprint density at radius 3 is 2.65 bits per heavy atom. The summed E-state index contributed by atoms with van der Waals surface area (Å²) in [5.74, 6) is 1.98. The van der Waals surface area contributed by atoms with Gasteiger partial charge in [-0.05, 0) is 26.8 Å². The van der Waals surface area contributed by atoms with Crippen LogP contribution in [0.5, 0.6) is 5.75 Å². The van der Waals surface area contributed by atoms with Gasteiger partial charge in [-0.25, -0.2) is 9.97 Å². The van der Waals surface area contributed by atoms with Gasteiger partial charge in [0.25, 0.3) is 0 Å². The SMILES string of the molecule is CCc1nc(N)c(C)c(-c2cncc(OC(C)C)c2)n1. The van der Waals surface area contributed by atoms with Gasteiger partial charge in [0.05, 0.1) is 18.0 Å². The number of hydrogen-bond acceptors (Lipinski definition) is 5. The first-order valence-corrected chi connectivity index (χ1v) is 6.76. The molecule has 0 bridgehead atoms. The number of anilines is 1. The second-order valence-electron chi connectivity index (χ2n) is 4.93. The standard InChI is InChI=1S/C15H20N4O/c1-5-13-18-14(10(4)15(16)19-13)11-6-12(8-17-7-11)20-9(2)3/h6-9H,5H2,1-4H3,(H2,16,18,19). The molecule has 2 heterocycles. The Bertz CT molecular complexity index is 611. The second-order valence-corrected chi connectivity index (χ2v) is 4.93. The summed E-state index contributed by atoms with van der Waals surface area (Å²) in [7, 11) is 0. The molecule has 0 saturated carbocycles. The van der Waals surface area contributed by atoms with Crippen LogP contribution in [0.3, 0.4) is 0 Å². The number of aromatic nitrogens is 3. The van der Waals surface area contributed by atoms with E-state index in [4.69, 9.17) is 10.5 Å². The molecular weight excluding hydrogens is 252 g/mol. The van der Waals surface area contributed by atoms with Gasteiger partial charge in [-0.1, -0.05) is 6.92 Å². The van der Waals surface area contributed by atoms with Crippen molar-refractivity contribution in [2.45, 2.75) is 40.2 Å². The highest BCUT2D eigenvalue weighted by Gasteiger charge is 2.11. The van der Waals surface area contributed by atoms with E-state index in [0.717, 1.165) is 34.8 Å². The highest BCUT2D eigenvalue weighted by molar-refractivity contribution is 5.67. The lowest BCUT2D eigenvalue weighted by molar-refractivity contribution is 0.241. The lowest BCUT2D eigenvalue weighted by Crippen LogP contribution is -2.07. The molecule has 5 nitrogen and oxygen atoms in total. The zero-order valence-corrected chi connectivity index (χ0v) is 12.3. The maximum atomic E-state index is 5.95. The van der Waals surface area contributed by atoms with Crippen molar-refractivity contribution in [3.8, 4) is 17.0 Å². The number of hydrogen-bond donors (Lipinski definition) is 1. The van der Waals surface area contributed by atoms with Gasteiger partial charge in [0.1, 0.15) is 17.4 Å². The monoisotopic (exact) mass is 272 g/mol. The minimum atomic E-state index is 0.106. The smallest absolute Gasteiger partial charge is 0.138 e. The van der Waals surface area contributed by atoms with Crippen molar-refractivity contribution in [3.05, 3.63) is 29.8 Å². The average Bonchev–Trinajstić information content (AvgIpc) is 2.41. The molecule has 0 amide bonds. The summed E-state index contributed by atoms with van der Waals surface area (Å²) in [6.45, 7) is 7.89. The van der Waals surface area contributed by atoms with E-state index in [1.165, 1.54) is 0 Å². The molecule has 0 aromatic carbocycles. The number of nitrogen functional groups attached to an aromatic ring is 1. The van der Waals surface area contributed by atoms with Crippen LogP contribution in [0.25, 0.3) is 11.3 Å². The van der Waals surface area contributed by atoms with Gasteiger partial charge >= 0.3 is 0 Å². The fourth-order valence-corrected chi connectivity index (χ4v) is 1.91. The Balaban J connectivity index is 2.48. The van der Waals surface area contributed by atoms with Gasteiger partial charge in [-0.15, -0.1) is 0 Å². The van der Waals surface area contributed by atoms with E-state index in [-0.39, 0.29) is 6.10 Å². The van der Waals surface area contributed by atoms with E-state index in [0.29, 0.717) is 5.82 Å². The molecule has 0 spiro atoms. The molecule has 0 fully saturated rings. The summed E-state index contributed by atoms with van der Waals surface area (Å²) in [4.78, 5) is 13.0. The third kappa shape index (κ3) is 3.04. The Labute approximate surface area is 119 Å². The Kier molecular flexibility index (Phi) is 4.17. The van der Waals surface area contributed by atoms with Gasteiger partial charge < -0.3 is 10.5 Å². The first-order chi connectivity index (χ1) is 9.51. The highest BCUT2D eigenvalue weighted by atomic mass is 16.5. The van der Waals surface area contributed by atoms with Gasteiger partial charge in [0.15, 0.2) is 0 Å². The molecule has 20 heavy (non-hydrogen) atoms. The van der Waals surface area contributed by atoms with E-state index in [2.05, 4.69) is 15.0 Å². The molecule has 0 aliphatic rings. The molecule has 2 rings (SSSR count). The quantitative estimate of drug-likeness (QED) is 0.926. The minimum absolute atomic E-state index is 0.106. The molecule has 0 atom stereocenters. The van der Waals surface area contributed by atoms with Crippen LogP contribution in [0.2, 0.25) is 0 Å². The summed E-state index contributed by atoms with van der Waals surface area (Å²) in [5, 5.41) is 0. The van der Waals surface area contributed by atoms with E-state index in [9.17, 15) is 0 Å². The topological polar surface area (TPSA) is 73.9 Å². The molecule has 106 valence electrons. The second kappa shape index (κ2) is 5.86. The van der Waals surface area contributed by atoms with E-state index < -0.39 is 0 Å². The predicted molar refractivity (Wildman–Crippen MR) is 79.6 cm³/mol. The van der Waals surface area contributed by atoms with E-state index in [1.807, 2.05) is 33.8 Å².